The van der Waals surface area contributed by atoms with Gasteiger partial charge in [0.05, 0.1) is 0 Å². The van der Waals surface area contributed by atoms with Crippen molar-refractivity contribution in [3.8, 4) is 0 Å². The number of halogens is 2. The van der Waals surface area contributed by atoms with Crippen molar-refractivity contribution in [2.24, 2.45) is 7.05 Å². The molecule has 2 heterocycles. The van der Waals surface area contributed by atoms with Crippen LogP contribution in [0.15, 0.2) is 21.9 Å². The summed E-state index contributed by atoms with van der Waals surface area (Å²) in [4.78, 5) is 23.1. The van der Waals surface area contributed by atoms with E-state index in [1.165, 1.54) is 7.05 Å². The average Bonchev–Trinajstić information content (AvgIpc) is 2.58. The number of aliphatic hydroxyl groups excluding tert-OH is 1. The first-order valence-electron chi connectivity index (χ1n) is 5.65. The molecule has 3 unspecified atom stereocenters. The number of ether oxygens (including phenoxy) is 1. The zero-order valence-corrected chi connectivity index (χ0v) is 10.5. The fourth-order valence-corrected chi connectivity index (χ4v) is 2.17. The normalized spacial score (nSPS) is 34.7. The Balaban J connectivity index is 2.51. The van der Waals surface area contributed by atoms with Gasteiger partial charge in [-0.3, -0.25) is 13.9 Å². The van der Waals surface area contributed by atoms with Gasteiger partial charge in [-0.05, 0) is 6.92 Å². The molecule has 3 atom stereocenters. The van der Waals surface area contributed by atoms with Gasteiger partial charge in [0.25, 0.3) is 5.56 Å². The first-order valence-corrected chi connectivity index (χ1v) is 5.65. The zero-order chi connectivity index (χ0) is 14.4. The summed E-state index contributed by atoms with van der Waals surface area (Å²) in [7, 11) is 1.22. The van der Waals surface area contributed by atoms with Crippen molar-refractivity contribution in [1.29, 1.82) is 0 Å². The van der Waals surface area contributed by atoms with Gasteiger partial charge in [0, 0.05) is 25.7 Å². The van der Waals surface area contributed by atoms with Crippen LogP contribution in [0.1, 0.15) is 19.6 Å². The largest absolute Gasteiger partial charge is 0.390 e. The predicted molar refractivity (Wildman–Crippen MR) is 61.1 cm³/mol. The third-order valence-corrected chi connectivity index (χ3v) is 3.15. The Morgan fingerprint density at radius 3 is 2.68 bits per heavy atom. The summed E-state index contributed by atoms with van der Waals surface area (Å²) in [5.74, 6) is -2.54. The van der Waals surface area contributed by atoms with E-state index in [0.29, 0.717) is 0 Å². The van der Waals surface area contributed by atoms with Crippen molar-refractivity contribution in [2.45, 2.75) is 31.1 Å². The summed E-state index contributed by atoms with van der Waals surface area (Å²) in [6.45, 7) is 0.0652. The van der Waals surface area contributed by atoms with E-state index < -0.39 is 42.0 Å². The lowest BCUT2D eigenvalue weighted by Crippen LogP contribution is -2.42. The van der Waals surface area contributed by atoms with Gasteiger partial charge < -0.3 is 9.84 Å². The molecular formula is C11H14F2N2O4. The highest BCUT2D eigenvalue weighted by Crippen LogP contribution is 2.46. The van der Waals surface area contributed by atoms with Crippen molar-refractivity contribution in [3.05, 3.63) is 33.1 Å². The molecule has 106 valence electrons. The Hall–Kier alpha value is -1.54. The summed E-state index contributed by atoms with van der Waals surface area (Å²) < 4.78 is 34.6. The molecule has 1 aliphatic rings. The fraction of sp³-hybridized carbons (Fsp3) is 0.636. The smallest absolute Gasteiger partial charge is 0.332 e. The second kappa shape index (κ2) is 4.24. The molecule has 0 aromatic carbocycles. The number of hydrogen-bond donors (Lipinski definition) is 1. The van der Waals surface area contributed by atoms with Crippen molar-refractivity contribution >= 4 is 0 Å². The van der Waals surface area contributed by atoms with Crippen LogP contribution in [0.2, 0.25) is 0 Å². The molecule has 1 aromatic heterocycles. The maximum atomic E-state index is 14.3. The highest BCUT2D eigenvalue weighted by Gasteiger charge is 2.56. The topological polar surface area (TPSA) is 73.5 Å². The second-order valence-electron chi connectivity index (χ2n) is 4.87. The Labute approximate surface area is 106 Å². The molecule has 1 aromatic rings. The molecule has 1 N–H and O–H groups in total. The van der Waals surface area contributed by atoms with Crippen LogP contribution < -0.4 is 11.2 Å². The van der Waals surface area contributed by atoms with Gasteiger partial charge in [0.2, 0.25) is 5.85 Å². The van der Waals surface area contributed by atoms with Crippen LogP contribution in [-0.2, 0) is 11.8 Å². The summed E-state index contributed by atoms with van der Waals surface area (Å²) in [6.07, 6.45) is -1.18. The summed E-state index contributed by atoms with van der Waals surface area (Å²) in [5.41, 5.74) is -3.56. The summed E-state index contributed by atoms with van der Waals surface area (Å²) in [6, 6.07) is 1.05. The van der Waals surface area contributed by atoms with E-state index in [1.54, 1.807) is 0 Å². The predicted octanol–water partition coefficient (Wildman–Crippen LogP) is -0.148. The SMILES string of the molecule is Cn1c(=O)ccn(C2OC(F)(CO)CC2(C)F)c1=O. The van der Waals surface area contributed by atoms with Crippen molar-refractivity contribution in [1.82, 2.24) is 9.13 Å². The van der Waals surface area contributed by atoms with Gasteiger partial charge >= 0.3 is 5.69 Å². The van der Waals surface area contributed by atoms with Crippen LogP contribution in [0.3, 0.4) is 0 Å². The highest BCUT2D eigenvalue weighted by atomic mass is 19.2. The highest BCUT2D eigenvalue weighted by molar-refractivity contribution is 4.98. The van der Waals surface area contributed by atoms with Crippen molar-refractivity contribution in [3.63, 3.8) is 0 Å². The second-order valence-corrected chi connectivity index (χ2v) is 4.87. The number of aromatic nitrogens is 2. The Kier molecular flexibility index (Phi) is 3.10. The molecule has 2 rings (SSSR count). The molecule has 0 saturated carbocycles. The molecule has 0 radical (unpaired) electrons. The molecule has 0 bridgehead atoms. The van der Waals surface area contributed by atoms with Gasteiger partial charge in [-0.25, -0.2) is 13.6 Å². The molecule has 6 nitrogen and oxygen atoms in total. The van der Waals surface area contributed by atoms with Crippen LogP contribution in [-0.4, -0.2) is 32.4 Å². The van der Waals surface area contributed by atoms with Gasteiger partial charge in [-0.2, -0.15) is 0 Å². The number of rotatable bonds is 2. The Morgan fingerprint density at radius 1 is 1.53 bits per heavy atom. The lowest BCUT2D eigenvalue weighted by atomic mass is 10.0. The monoisotopic (exact) mass is 276 g/mol. The van der Waals surface area contributed by atoms with Crippen LogP contribution in [0.25, 0.3) is 0 Å². The van der Waals surface area contributed by atoms with E-state index in [0.717, 1.165) is 28.3 Å². The number of nitrogens with zero attached hydrogens (tertiary/aromatic N) is 2. The van der Waals surface area contributed by atoms with Gasteiger partial charge in [-0.1, -0.05) is 0 Å². The third kappa shape index (κ3) is 2.21. The summed E-state index contributed by atoms with van der Waals surface area (Å²) in [5, 5.41) is 8.88. The van der Waals surface area contributed by atoms with Crippen LogP contribution >= 0.6 is 0 Å². The molecule has 0 spiro atoms. The summed E-state index contributed by atoms with van der Waals surface area (Å²) >= 11 is 0. The standard InChI is InChI=1S/C11H14F2N2O4/c1-10(12)5-11(13,6-16)19-8(10)15-4-3-7(17)14(2)9(15)18/h3-4,8,16H,5-6H2,1-2H3. The van der Waals surface area contributed by atoms with Crippen LogP contribution in [0, 0.1) is 0 Å². The van der Waals surface area contributed by atoms with Gasteiger partial charge in [0.15, 0.2) is 11.9 Å². The molecule has 1 aliphatic heterocycles. The fourth-order valence-electron chi connectivity index (χ4n) is 2.17. The maximum absolute atomic E-state index is 14.3. The van der Waals surface area contributed by atoms with Crippen molar-refractivity contribution in [2.75, 3.05) is 6.61 Å². The van der Waals surface area contributed by atoms with Crippen LogP contribution in [0.5, 0.6) is 0 Å². The first kappa shape index (κ1) is 13.9. The minimum absolute atomic E-state index is 0.562. The quantitative estimate of drug-likeness (QED) is 0.815. The third-order valence-electron chi connectivity index (χ3n) is 3.15. The average molecular weight is 276 g/mol. The van der Waals surface area contributed by atoms with E-state index in [4.69, 9.17) is 9.84 Å². The Bertz CT molecular complexity index is 609. The molecular weight excluding hydrogens is 262 g/mol. The number of alkyl halides is 2. The maximum Gasteiger partial charge on any atom is 0.332 e. The van der Waals surface area contributed by atoms with Gasteiger partial charge in [0.1, 0.15) is 6.61 Å². The first-order chi connectivity index (χ1) is 8.70. The molecule has 0 amide bonds. The molecule has 1 saturated heterocycles. The van der Waals surface area contributed by atoms with Crippen molar-refractivity contribution < 1.29 is 18.6 Å². The molecule has 8 heteroatoms. The van der Waals surface area contributed by atoms with Crippen LogP contribution in [0.4, 0.5) is 8.78 Å². The molecule has 1 fully saturated rings. The zero-order valence-electron chi connectivity index (χ0n) is 10.5. The van der Waals surface area contributed by atoms with E-state index in [-0.39, 0.29) is 0 Å². The lowest BCUT2D eigenvalue weighted by molar-refractivity contribution is -0.182. The minimum Gasteiger partial charge on any atom is -0.390 e. The van der Waals surface area contributed by atoms with E-state index in [9.17, 15) is 18.4 Å². The molecule has 0 aliphatic carbocycles. The van der Waals surface area contributed by atoms with Gasteiger partial charge in [-0.15, -0.1) is 0 Å². The van der Waals surface area contributed by atoms with E-state index >= 15 is 0 Å². The van der Waals surface area contributed by atoms with E-state index in [2.05, 4.69) is 0 Å². The number of aliphatic hydroxyl groups is 1. The van der Waals surface area contributed by atoms with E-state index in [1.807, 2.05) is 0 Å². The lowest BCUT2D eigenvalue weighted by Gasteiger charge is -2.23. The number of hydrogen-bond acceptors (Lipinski definition) is 4. The Morgan fingerprint density at radius 2 is 2.16 bits per heavy atom. The minimum atomic E-state index is -2.54. The molecule has 19 heavy (non-hydrogen) atoms.